The van der Waals surface area contributed by atoms with Gasteiger partial charge in [0.1, 0.15) is 18.1 Å². The van der Waals surface area contributed by atoms with Crippen LogP contribution >= 0.6 is 0 Å². The molecule has 0 heterocycles. The van der Waals surface area contributed by atoms with Crippen LogP contribution in [0.25, 0.3) is 0 Å². The molecule has 23 heavy (non-hydrogen) atoms. The van der Waals surface area contributed by atoms with Gasteiger partial charge in [0.05, 0.1) is 19.6 Å². The van der Waals surface area contributed by atoms with Crippen molar-refractivity contribution in [3.05, 3.63) is 59.7 Å². The fraction of sp³-hybridized carbons (Fsp3) is 0.316. The van der Waals surface area contributed by atoms with Gasteiger partial charge in [0.2, 0.25) is 5.91 Å². The first-order valence-electron chi connectivity index (χ1n) is 7.85. The molecule has 0 aliphatic heterocycles. The van der Waals surface area contributed by atoms with Gasteiger partial charge in [-0.25, -0.2) is 0 Å². The number of amides is 1. The van der Waals surface area contributed by atoms with Crippen molar-refractivity contribution in [3.8, 4) is 11.5 Å². The molecule has 1 amide bonds. The number of ether oxygens (including phenoxy) is 2. The lowest BCUT2D eigenvalue weighted by Gasteiger charge is -2.09. The maximum absolute atomic E-state index is 11.9. The second-order valence-electron chi connectivity index (χ2n) is 5.27. The van der Waals surface area contributed by atoms with Gasteiger partial charge in [0, 0.05) is 0 Å². The van der Waals surface area contributed by atoms with Crippen molar-refractivity contribution in [1.82, 2.24) is 5.32 Å². The zero-order valence-electron chi connectivity index (χ0n) is 13.7. The number of hydrogen-bond acceptors (Lipinski definition) is 3. The zero-order chi connectivity index (χ0) is 16.5. The summed E-state index contributed by atoms with van der Waals surface area (Å²) in [5.74, 6) is 1.64. The Kier molecular flexibility index (Phi) is 6.48. The molecule has 2 rings (SSSR count). The minimum Gasteiger partial charge on any atom is -0.494 e. The van der Waals surface area contributed by atoms with Crippen LogP contribution in [0.15, 0.2) is 48.5 Å². The fourth-order valence-corrected chi connectivity index (χ4v) is 2.18. The van der Waals surface area contributed by atoms with Gasteiger partial charge >= 0.3 is 0 Å². The van der Waals surface area contributed by atoms with Crippen molar-refractivity contribution in [3.63, 3.8) is 0 Å². The molecule has 4 nitrogen and oxygen atoms in total. The highest BCUT2D eigenvalue weighted by Gasteiger charge is 2.03. The largest absolute Gasteiger partial charge is 0.494 e. The molecule has 0 atom stereocenters. The first-order chi connectivity index (χ1) is 11.2. The van der Waals surface area contributed by atoms with E-state index in [1.165, 1.54) is 0 Å². The lowest BCUT2D eigenvalue weighted by molar-refractivity contribution is -0.120. The Balaban J connectivity index is 1.68. The molecule has 0 bridgehead atoms. The van der Waals surface area contributed by atoms with Crippen LogP contribution < -0.4 is 14.8 Å². The average Bonchev–Trinajstić information content (AvgIpc) is 2.54. The van der Waals surface area contributed by atoms with Crippen molar-refractivity contribution in [2.45, 2.75) is 20.3 Å². The summed E-state index contributed by atoms with van der Waals surface area (Å²) in [6.45, 7) is 5.55. The van der Waals surface area contributed by atoms with Crippen molar-refractivity contribution in [2.75, 3.05) is 19.8 Å². The maximum Gasteiger partial charge on any atom is 0.224 e. The first-order valence-corrected chi connectivity index (χ1v) is 7.85. The van der Waals surface area contributed by atoms with Gasteiger partial charge in [-0.15, -0.1) is 0 Å². The summed E-state index contributed by atoms with van der Waals surface area (Å²) in [6.07, 6.45) is 0.358. The summed E-state index contributed by atoms with van der Waals surface area (Å²) in [4.78, 5) is 11.9. The fourth-order valence-electron chi connectivity index (χ4n) is 2.18. The third-order valence-electron chi connectivity index (χ3n) is 3.28. The van der Waals surface area contributed by atoms with E-state index in [0.29, 0.717) is 26.2 Å². The lowest BCUT2D eigenvalue weighted by atomic mass is 10.1. The normalized spacial score (nSPS) is 10.2. The summed E-state index contributed by atoms with van der Waals surface area (Å²) in [7, 11) is 0. The summed E-state index contributed by atoms with van der Waals surface area (Å²) in [6, 6.07) is 15.4. The topological polar surface area (TPSA) is 47.6 Å². The smallest absolute Gasteiger partial charge is 0.224 e. The molecule has 0 radical (unpaired) electrons. The Bertz CT molecular complexity index is 623. The van der Waals surface area contributed by atoms with E-state index in [1.807, 2.05) is 62.4 Å². The lowest BCUT2D eigenvalue weighted by Crippen LogP contribution is -2.29. The van der Waals surface area contributed by atoms with E-state index >= 15 is 0 Å². The summed E-state index contributed by atoms with van der Waals surface area (Å²) in [5, 5.41) is 2.86. The van der Waals surface area contributed by atoms with Crippen molar-refractivity contribution in [1.29, 1.82) is 0 Å². The van der Waals surface area contributed by atoms with E-state index in [-0.39, 0.29) is 5.91 Å². The minimum atomic E-state index is -0.0120. The standard InChI is InChI=1S/C19H23NO3/c1-3-22-17-9-7-16(8-10-17)14-19(21)20-11-12-23-18-6-4-5-15(2)13-18/h4-10,13H,3,11-12,14H2,1-2H3,(H,20,21). The molecule has 0 saturated heterocycles. The van der Waals surface area contributed by atoms with Gasteiger partial charge in [-0.1, -0.05) is 24.3 Å². The quantitative estimate of drug-likeness (QED) is 0.762. The van der Waals surface area contributed by atoms with Crippen LogP contribution in [-0.2, 0) is 11.2 Å². The third kappa shape index (κ3) is 6.02. The van der Waals surface area contributed by atoms with E-state index < -0.39 is 0 Å². The van der Waals surface area contributed by atoms with Crippen molar-refractivity contribution >= 4 is 5.91 Å². The van der Waals surface area contributed by atoms with Gasteiger partial charge in [0.15, 0.2) is 0 Å². The Morgan fingerprint density at radius 2 is 1.83 bits per heavy atom. The first kappa shape index (κ1) is 16.9. The van der Waals surface area contributed by atoms with Crippen LogP contribution in [0.4, 0.5) is 0 Å². The van der Waals surface area contributed by atoms with Gasteiger partial charge in [-0.3, -0.25) is 4.79 Å². The molecule has 0 aromatic heterocycles. The molecule has 0 aliphatic rings. The molecular weight excluding hydrogens is 290 g/mol. The molecule has 0 saturated carbocycles. The van der Waals surface area contributed by atoms with Gasteiger partial charge < -0.3 is 14.8 Å². The summed E-state index contributed by atoms with van der Waals surface area (Å²) < 4.78 is 11.0. The molecule has 0 aliphatic carbocycles. The van der Waals surface area contributed by atoms with Crippen molar-refractivity contribution < 1.29 is 14.3 Å². The van der Waals surface area contributed by atoms with Crippen LogP contribution in [0.5, 0.6) is 11.5 Å². The molecule has 122 valence electrons. The molecule has 4 heteroatoms. The highest BCUT2D eigenvalue weighted by molar-refractivity contribution is 5.78. The second-order valence-corrected chi connectivity index (χ2v) is 5.27. The Morgan fingerprint density at radius 3 is 2.52 bits per heavy atom. The van der Waals surface area contributed by atoms with Crippen LogP contribution in [-0.4, -0.2) is 25.7 Å². The van der Waals surface area contributed by atoms with E-state index in [4.69, 9.17) is 9.47 Å². The van der Waals surface area contributed by atoms with Crippen LogP contribution in [0.1, 0.15) is 18.1 Å². The molecule has 2 aromatic carbocycles. The molecule has 1 N–H and O–H groups in total. The Labute approximate surface area is 137 Å². The van der Waals surface area contributed by atoms with Gasteiger partial charge in [0.25, 0.3) is 0 Å². The average molecular weight is 313 g/mol. The van der Waals surface area contributed by atoms with E-state index in [9.17, 15) is 4.79 Å². The number of aryl methyl sites for hydroxylation is 1. The summed E-state index contributed by atoms with van der Waals surface area (Å²) >= 11 is 0. The highest BCUT2D eigenvalue weighted by atomic mass is 16.5. The SMILES string of the molecule is CCOc1ccc(CC(=O)NCCOc2cccc(C)c2)cc1. The van der Waals surface area contributed by atoms with Gasteiger partial charge in [-0.2, -0.15) is 0 Å². The minimum absolute atomic E-state index is 0.0120. The monoisotopic (exact) mass is 313 g/mol. The number of rotatable bonds is 8. The molecule has 0 fully saturated rings. The molecular formula is C19H23NO3. The van der Waals surface area contributed by atoms with E-state index in [0.717, 1.165) is 22.6 Å². The number of carbonyl (C=O) groups excluding carboxylic acids is 1. The molecule has 0 unspecified atom stereocenters. The predicted octanol–water partition coefficient (Wildman–Crippen LogP) is 3.13. The zero-order valence-corrected chi connectivity index (χ0v) is 13.7. The van der Waals surface area contributed by atoms with Crippen molar-refractivity contribution in [2.24, 2.45) is 0 Å². The van der Waals surface area contributed by atoms with Gasteiger partial charge in [-0.05, 0) is 49.2 Å². The molecule has 0 spiro atoms. The number of hydrogen-bond donors (Lipinski definition) is 1. The Hall–Kier alpha value is -2.49. The van der Waals surface area contributed by atoms with Crippen LogP contribution in [0.3, 0.4) is 0 Å². The highest BCUT2D eigenvalue weighted by Crippen LogP contribution is 2.13. The second kappa shape index (κ2) is 8.83. The summed E-state index contributed by atoms with van der Waals surface area (Å²) in [5.41, 5.74) is 2.12. The number of carbonyl (C=O) groups is 1. The Morgan fingerprint density at radius 1 is 1.04 bits per heavy atom. The number of benzene rings is 2. The molecule has 2 aromatic rings. The van der Waals surface area contributed by atoms with Crippen LogP contribution in [0, 0.1) is 6.92 Å². The van der Waals surface area contributed by atoms with Crippen LogP contribution in [0.2, 0.25) is 0 Å². The third-order valence-corrected chi connectivity index (χ3v) is 3.28. The van der Waals surface area contributed by atoms with E-state index in [2.05, 4.69) is 5.32 Å². The maximum atomic E-state index is 11.9. The number of nitrogens with one attached hydrogen (secondary N) is 1. The van der Waals surface area contributed by atoms with E-state index in [1.54, 1.807) is 0 Å². The predicted molar refractivity (Wildman–Crippen MR) is 91.0 cm³/mol.